The van der Waals surface area contributed by atoms with Crippen LogP contribution < -0.4 is 15.4 Å². The standard InChI is InChI=1S/C22H26N2O4S/c1-15(29-18-11-9-16(27-2)10-12-18)21(25)24-20-8-4-3-7-19(20)22(26)23-14-17-6-5-13-28-17/h3-4,7-12,15,17H,5-6,13-14H2,1-2H3,(H,23,26)(H,24,25)/t15-,17+/m1/s1. The highest BCUT2D eigenvalue weighted by atomic mass is 32.2. The molecule has 2 atom stereocenters. The number of carbonyl (C=O) groups is 2. The zero-order chi connectivity index (χ0) is 20.6. The van der Waals surface area contributed by atoms with Gasteiger partial charge in [-0.3, -0.25) is 9.59 Å². The van der Waals surface area contributed by atoms with Crippen molar-refractivity contribution in [2.75, 3.05) is 25.6 Å². The van der Waals surface area contributed by atoms with Gasteiger partial charge in [0.05, 0.1) is 29.7 Å². The van der Waals surface area contributed by atoms with E-state index >= 15 is 0 Å². The number of hydrogen-bond acceptors (Lipinski definition) is 5. The third kappa shape index (κ3) is 5.98. The van der Waals surface area contributed by atoms with Crippen molar-refractivity contribution in [1.29, 1.82) is 0 Å². The highest BCUT2D eigenvalue weighted by molar-refractivity contribution is 8.00. The Labute approximate surface area is 175 Å². The van der Waals surface area contributed by atoms with Crippen molar-refractivity contribution in [3.8, 4) is 5.75 Å². The van der Waals surface area contributed by atoms with Gasteiger partial charge in [-0.15, -0.1) is 11.8 Å². The molecule has 0 spiro atoms. The van der Waals surface area contributed by atoms with Gasteiger partial charge in [0.1, 0.15) is 5.75 Å². The predicted octanol–water partition coefficient (Wildman–Crippen LogP) is 3.72. The van der Waals surface area contributed by atoms with Gasteiger partial charge < -0.3 is 20.1 Å². The third-order valence-corrected chi connectivity index (χ3v) is 5.80. The lowest BCUT2D eigenvalue weighted by molar-refractivity contribution is -0.115. The Morgan fingerprint density at radius 1 is 1.21 bits per heavy atom. The van der Waals surface area contributed by atoms with Crippen LogP contribution in [0.5, 0.6) is 5.75 Å². The number of nitrogens with one attached hydrogen (secondary N) is 2. The number of carbonyl (C=O) groups excluding carboxylic acids is 2. The number of hydrogen-bond donors (Lipinski definition) is 2. The molecule has 1 saturated heterocycles. The molecule has 1 fully saturated rings. The molecule has 0 radical (unpaired) electrons. The summed E-state index contributed by atoms with van der Waals surface area (Å²) in [6.45, 7) is 3.06. The number of para-hydroxylation sites is 1. The number of thioether (sulfide) groups is 1. The molecule has 6 nitrogen and oxygen atoms in total. The molecule has 154 valence electrons. The first kappa shape index (κ1) is 21.2. The van der Waals surface area contributed by atoms with Crippen LogP contribution in [0.25, 0.3) is 0 Å². The summed E-state index contributed by atoms with van der Waals surface area (Å²) in [6, 6.07) is 14.6. The molecule has 1 aliphatic heterocycles. The molecule has 0 unspecified atom stereocenters. The molecule has 2 aromatic carbocycles. The fraction of sp³-hybridized carbons (Fsp3) is 0.364. The van der Waals surface area contributed by atoms with Gasteiger partial charge >= 0.3 is 0 Å². The van der Waals surface area contributed by atoms with Crippen molar-refractivity contribution in [1.82, 2.24) is 5.32 Å². The van der Waals surface area contributed by atoms with E-state index in [4.69, 9.17) is 9.47 Å². The second kappa shape index (κ2) is 10.3. The van der Waals surface area contributed by atoms with Gasteiger partial charge in [-0.05, 0) is 56.2 Å². The first-order valence-electron chi connectivity index (χ1n) is 9.67. The Morgan fingerprint density at radius 2 is 1.97 bits per heavy atom. The fourth-order valence-electron chi connectivity index (χ4n) is 3.04. The summed E-state index contributed by atoms with van der Waals surface area (Å²) in [4.78, 5) is 26.2. The van der Waals surface area contributed by atoms with E-state index in [-0.39, 0.29) is 23.2 Å². The van der Waals surface area contributed by atoms with Crippen LogP contribution in [0.1, 0.15) is 30.1 Å². The molecule has 0 aliphatic carbocycles. The Bertz CT molecular complexity index is 835. The molecule has 1 aliphatic rings. The average Bonchev–Trinajstić information content (AvgIpc) is 3.26. The number of methoxy groups -OCH3 is 1. The van der Waals surface area contributed by atoms with Gasteiger partial charge in [0.15, 0.2) is 0 Å². The third-order valence-electron chi connectivity index (χ3n) is 4.69. The average molecular weight is 415 g/mol. The second-order valence-corrected chi connectivity index (χ2v) is 8.23. The summed E-state index contributed by atoms with van der Waals surface area (Å²) in [5.41, 5.74) is 0.949. The van der Waals surface area contributed by atoms with Crippen molar-refractivity contribution in [2.45, 2.75) is 36.0 Å². The lowest BCUT2D eigenvalue weighted by atomic mass is 10.1. The maximum absolute atomic E-state index is 12.7. The Balaban J connectivity index is 1.59. The lowest BCUT2D eigenvalue weighted by Crippen LogP contribution is -2.32. The van der Waals surface area contributed by atoms with Crippen LogP contribution in [0.3, 0.4) is 0 Å². The van der Waals surface area contributed by atoms with Gasteiger partial charge in [0.25, 0.3) is 5.91 Å². The van der Waals surface area contributed by atoms with Gasteiger partial charge in [-0.1, -0.05) is 12.1 Å². The van der Waals surface area contributed by atoms with E-state index in [2.05, 4.69) is 10.6 Å². The number of ether oxygens (including phenoxy) is 2. The first-order chi connectivity index (χ1) is 14.1. The highest BCUT2D eigenvalue weighted by Crippen LogP contribution is 2.26. The maximum Gasteiger partial charge on any atom is 0.253 e. The lowest BCUT2D eigenvalue weighted by Gasteiger charge is -2.16. The van der Waals surface area contributed by atoms with Crippen LogP contribution >= 0.6 is 11.8 Å². The van der Waals surface area contributed by atoms with E-state index in [1.807, 2.05) is 31.2 Å². The SMILES string of the molecule is COc1ccc(S[C@H](C)C(=O)Nc2ccccc2C(=O)NC[C@@H]2CCCO2)cc1. The van der Waals surface area contributed by atoms with Crippen molar-refractivity contribution in [3.05, 3.63) is 54.1 Å². The van der Waals surface area contributed by atoms with Crippen LogP contribution in [-0.4, -0.2) is 43.4 Å². The maximum atomic E-state index is 12.7. The molecule has 7 heteroatoms. The minimum atomic E-state index is -0.327. The van der Waals surface area contributed by atoms with Gasteiger partial charge in [-0.2, -0.15) is 0 Å². The van der Waals surface area contributed by atoms with E-state index in [1.165, 1.54) is 11.8 Å². The van der Waals surface area contributed by atoms with Gasteiger partial charge in [0.2, 0.25) is 5.91 Å². The molecule has 0 saturated carbocycles. The number of anilines is 1. The van der Waals surface area contributed by atoms with Gasteiger partial charge in [0, 0.05) is 18.0 Å². The number of amides is 2. The Kier molecular flexibility index (Phi) is 7.55. The molecule has 0 bridgehead atoms. The van der Waals surface area contributed by atoms with Crippen molar-refractivity contribution >= 4 is 29.3 Å². The zero-order valence-electron chi connectivity index (χ0n) is 16.6. The molecular formula is C22H26N2O4S. The highest BCUT2D eigenvalue weighted by Gasteiger charge is 2.20. The Hall–Kier alpha value is -2.51. The number of rotatable bonds is 8. The van der Waals surface area contributed by atoms with Crippen LogP contribution in [0.15, 0.2) is 53.4 Å². The number of benzene rings is 2. The second-order valence-electron chi connectivity index (χ2n) is 6.82. The molecular weight excluding hydrogens is 388 g/mol. The largest absolute Gasteiger partial charge is 0.497 e. The fourth-order valence-corrected chi connectivity index (χ4v) is 3.91. The summed E-state index contributed by atoms with van der Waals surface area (Å²) in [7, 11) is 1.62. The van der Waals surface area contributed by atoms with Crippen molar-refractivity contribution < 1.29 is 19.1 Å². The van der Waals surface area contributed by atoms with E-state index in [1.54, 1.807) is 31.4 Å². The molecule has 29 heavy (non-hydrogen) atoms. The van der Waals surface area contributed by atoms with Gasteiger partial charge in [-0.25, -0.2) is 0 Å². The minimum absolute atomic E-state index is 0.0709. The van der Waals surface area contributed by atoms with Crippen LogP contribution in [-0.2, 0) is 9.53 Å². The quantitative estimate of drug-likeness (QED) is 0.644. The molecule has 3 rings (SSSR count). The summed E-state index contributed by atoms with van der Waals surface area (Å²) in [6.07, 6.45) is 2.05. The first-order valence-corrected chi connectivity index (χ1v) is 10.5. The van der Waals surface area contributed by atoms with E-state index in [0.29, 0.717) is 17.8 Å². The van der Waals surface area contributed by atoms with Crippen LogP contribution in [0.2, 0.25) is 0 Å². The summed E-state index contributed by atoms with van der Waals surface area (Å²) in [5, 5.41) is 5.46. The molecule has 0 aromatic heterocycles. The van der Waals surface area contributed by atoms with Crippen LogP contribution in [0.4, 0.5) is 5.69 Å². The minimum Gasteiger partial charge on any atom is -0.497 e. The summed E-state index contributed by atoms with van der Waals surface area (Å²) >= 11 is 1.45. The summed E-state index contributed by atoms with van der Waals surface area (Å²) in [5.74, 6) is 0.395. The zero-order valence-corrected chi connectivity index (χ0v) is 17.5. The van der Waals surface area contributed by atoms with E-state index in [0.717, 1.165) is 30.1 Å². The van der Waals surface area contributed by atoms with Crippen molar-refractivity contribution in [3.63, 3.8) is 0 Å². The van der Waals surface area contributed by atoms with E-state index in [9.17, 15) is 9.59 Å². The topological polar surface area (TPSA) is 76.7 Å². The molecule has 1 heterocycles. The predicted molar refractivity (Wildman–Crippen MR) is 115 cm³/mol. The van der Waals surface area contributed by atoms with Crippen molar-refractivity contribution in [2.24, 2.45) is 0 Å². The van der Waals surface area contributed by atoms with Crippen LogP contribution in [0, 0.1) is 0 Å². The monoisotopic (exact) mass is 414 g/mol. The molecule has 2 amide bonds. The normalized spacial score (nSPS) is 16.8. The van der Waals surface area contributed by atoms with E-state index < -0.39 is 0 Å². The molecule has 2 aromatic rings. The Morgan fingerprint density at radius 3 is 2.66 bits per heavy atom. The smallest absolute Gasteiger partial charge is 0.253 e. The summed E-state index contributed by atoms with van der Waals surface area (Å²) < 4.78 is 10.7. The molecule has 2 N–H and O–H groups in total.